The summed E-state index contributed by atoms with van der Waals surface area (Å²) < 4.78 is 0. The Balaban J connectivity index is 2.29. The predicted octanol–water partition coefficient (Wildman–Crippen LogP) is 3.92. The molecule has 2 atom stereocenters. The molecule has 1 aromatic rings. The average molecular weight is 280 g/mol. The van der Waals surface area contributed by atoms with Crippen LogP contribution >= 0.6 is 0 Å². The van der Waals surface area contributed by atoms with Crippen LogP contribution in [-0.2, 0) is 20.3 Å². The van der Waals surface area contributed by atoms with Crippen LogP contribution in [0.1, 0.15) is 46.6 Å². The van der Waals surface area contributed by atoms with Gasteiger partial charge in [-0.3, -0.25) is 5.26 Å². The molecule has 0 amide bonds. The fraction of sp³-hybridized carbons (Fsp3) is 0.625. The first kappa shape index (κ1) is 15.4. The minimum Gasteiger partial charge on any atom is -0.251 e. The van der Waals surface area contributed by atoms with Crippen molar-refractivity contribution in [1.82, 2.24) is 0 Å². The van der Waals surface area contributed by atoms with Gasteiger partial charge in [-0.05, 0) is 32.8 Å². The van der Waals surface area contributed by atoms with Crippen LogP contribution in [0.4, 0.5) is 0 Å². The summed E-state index contributed by atoms with van der Waals surface area (Å²) in [5.41, 5.74) is -0.454. The zero-order valence-electron chi connectivity index (χ0n) is 12.8. The van der Waals surface area contributed by atoms with E-state index < -0.39 is 11.2 Å². The first-order valence-corrected chi connectivity index (χ1v) is 6.95. The molecule has 1 saturated heterocycles. The van der Waals surface area contributed by atoms with Crippen molar-refractivity contribution < 1.29 is 19.9 Å². The molecule has 0 bridgehead atoms. The Morgan fingerprint density at radius 1 is 1.20 bits per heavy atom. The zero-order chi connectivity index (χ0) is 15.0. The van der Waals surface area contributed by atoms with E-state index >= 15 is 0 Å². The van der Waals surface area contributed by atoms with E-state index in [-0.39, 0.29) is 11.5 Å². The van der Waals surface area contributed by atoms with E-state index in [1.165, 1.54) is 0 Å². The van der Waals surface area contributed by atoms with Crippen molar-refractivity contribution in [2.45, 2.75) is 58.3 Å². The van der Waals surface area contributed by atoms with Gasteiger partial charge < -0.3 is 0 Å². The first-order valence-electron chi connectivity index (χ1n) is 6.95. The molecule has 1 heterocycles. The lowest BCUT2D eigenvalue weighted by molar-refractivity contribution is -0.473. The third-order valence-electron chi connectivity index (χ3n) is 4.65. The van der Waals surface area contributed by atoms with Gasteiger partial charge in [-0.15, -0.1) is 0 Å². The lowest BCUT2D eigenvalue weighted by Gasteiger charge is -2.51. The maximum absolute atomic E-state index is 9.03. The molecular weight excluding hydrogens is 256 g/mol. The van der Waals surface area contributed by atoms with Crippen LogP contribution in [0.25, 0.3) is 0 Å². The van der Waals surface area contributed by atoms with Crippen LogP contribution in [0.2, 0.25) is 0 Å². The summed E-state index contributed by atoms with van der Waals surface area (Å²) in [6.07, 6.45) is 0.380. The Labute approximate surface area is 120 Å². The minimum absolute atomic E-state index is 0.174. The van der Waals surface area contributed by atoms with Gasteiger partial charge in [0.1, 0.15) is 17.3 Å². The van der Waals surface area contributed by atoms with Gasteiger partial charge in [-0.1, -0.05) is 44.2 Å². The summed E-state index contributed by atoms with van der Waals surface area (Å²) in [5, 5.41) is 9.03. The molecule has 4 heteroatoms. The molecule has 1 aliphatic heterocycles. The van der Waals surface area contributed by atoms with Gasteiger partial charge in [0, 0.05) is 5.41 Å². The summed E-state index contributed by atoms with van der Waals surface area (Å²) in [7, 11) is 0. The van der Waals surface area contributed by atoms with Crippen molar-refractivity contribution in [3.05, 3.63) is 35.9 Å². The molecule has 20 heavy (non-hydrogen) atoms. The smallest absolute Gasteiger partial charge is 0.131 e. The number of rotatable bonds is 3. The molecule has 0 radical (unpaired) electrons. The van der Waals surface area contributed by atoms with Crippen LogP contribution in [0.3, 0.4) is 0 Å². The first-order chi connectivity index (χ1) is 9.23. The van der Waals surface area contributed by atoms with Crippen molar-refractivity contribution in [3.8, 4) is 0 Å². The van der Waals surface area contributed by atoms with Gasteiger partial charge in [-0.2, -0.15) is 0 Å². The maximum atomic E-state index is 9.03. The highest BCUT2D eigenvalue weighted by molar-refractivity contribution is 5.25. The van der Waals surface area contributed by atoms with Gasteiger partial charge in [0.05, 0.1) is 0 Å². The molecule has 1 N–H and O–H groups in total. The van der Waals surface area contributed by atoms with Gasteiger partial charge in [0.25, 0.3) is 0 Å². The molecular formula is C16H24O4. The van der Waals surface area contributed by atoms with E-state index in [1.807, 2.05) is 37.3 Å². The topological polar surface area (TPSA) is 47.9 Å². The average Bonchev–Trinajstić information content (AvgIpc) is 2.42. The molecule has 112 valence electrons. The Bertz CT molecular complexity index is 455. The van der Waals surface area contributed by atoms with Crippen LogP contribution in [0, 0.1) is 5.41 Å². The van der Waals surface area contributed by atoms with Gasteiger partial charge in [-0.25, -0.2) is 14.7 Å². The van der Waals surface area contributed by atoms with Crippen LogP contribution in [0.5, 0.6) is 0 Å². The molecule has 4 nitrogen and oxygen atoms in total. The van der Waals surface area contributed by atoms with Crippen LogP contribution in [0.15, 0.2) is 30.3 Å². The molecule has 0 spiro atoms. The molecule has 0 saturated carbocycles. The Morgan fingerprint density at radius 2 is 1.80 bits per heavy atom. The third-order valence-corrected chi connectivity index (χ3v) is 4.65. The van der Waals surface area contributed by atoms with E-state index in [4.69, 9.17) is 15.0 Å². The van der Waals surface area contributed by atoms with Crippen LogP contribution in [-0.4, -0.2) is 17.0 Å². The summed E-state index contributed by atoms with van der Waals surface area (Å²) in [6, 6.07) is 10.0. The summed E-state index contributed by atoms with van der Waals surface area (Å²) in [5.74, 6) is 0. The molecule has 1 fully saturated rings. The van der Waals surface area contributed by atoms with Gasteiger partial charge in [0.15, 0.2) is 0 Å². The highest BCUT2D eigenvalue weighted by atomic mass is 17.2. The van der Waals surface area contributed by atoms with Gasteiger partial charge in [0.2, 0.25) is 0 Å². The van der Waals surface area contributed by atoms with E-state index in [2.05, 4.69) is 18.7 Å². The molecule has 2 unspecified atom stereocenters. The summed E-state index contributed by atoms with van der Waals surface area (Å²) >= 11 is 0. The van der Waals surface area contributed by atoms with E-state index in [9.17, 15) is 0 Å². The van der Waals surface area contributed by atoms with Crippen molar-refractivity contribution in [3.63, 3.8) is 0 Å². The third kappa shape index (κ3) is 2.49. The van der Waals surface area contributed by atoms with Crippen molar-refractivity contribution in [1.29, 1.82) is 0 Å². The molecule has 1 aliphatic rings. The molecule has 0 aliphatic carbocycles. The Hall–Kier alpha value is -0.940. The molecule has 2 rings (SSSR count). The Kier molecular flexibility index (Phi) is 3.95. The molecule has 1 aromatic carbocycles. The monoisotopic (exact) mass is 280 g/mol. The van der Waals surface area contributed by atoms with Crippen molar-refractivity contribution in [2.24, 2.45) is 5.41 Å². The number of hydrogen-bond donors (Lipinski definition) is 1. The maximum Gasteiger partial charge on any atom is 0.131 e. The largest absolute Gasteiger partial charge is 0.251 e. The van der Waals surface area contributed by atoms with Crippen molar-refractivity contribution in [2.75, 3.05) is 0 Å². The van der Waals surface area contributed by atoms with E-state index in [0.717, 1.165) is 5.56 Å². The lowest BCUT2D eigenvalue weighted by atomic mass is 9.67. The van der Waals surface area contributed by atoms with E-state index in [0.29, 0.717) is 6.42 Å². The normalized spacial score (nSPS) is 30.2. The SMILES string of the molecule is CC(C)(OO)C1CC(C)(C)C(C)(c2ccccc2)OO1. The zero-order valence-corrected chi connectivity index (χ0v) is 12.8. The lowest BCUT2D eigenvalue weighted by Crippen LogP contribution is -2.54. The Morgan fingerprint density at radius 3 is 2.30 bits per heavy atom. The quantitative estimate of drug-likeness (QED) is 0.673. The highest BCUT2D eigenvalue weighted by Crippen LogP contribution is 2.51. The number of benzene rings is 1. The highest BCUT2D eigenvalue weighted by Gasteiger charge is 2.53. The minimum atomic E-state index is -0.810. The second-order valence-corrected chi connectivity index (χ2v) is 6.85. The second kappa shape index (κ2) is 5.11. The molecule has 0 aromatic heterocycles. The van der Waals surface area contributed by atoms with E-state index in [1.54, 1.807) is 13.8 Å². The second-order valence-electron chi connectivity index (χ2n) is 6.85. The number of hydrogen-bond acceptors (Lipinski definition) is 4. The van der Waals surface area contributed by atoms with Crippen molar-refractivity contribution >= 4 is 0 Å². The van der Waals surface area contributed by atoms with Crippen LogP contribution < -0.4 is 0 Å². The predicted molar refractivity (Wildman–Crippen MR) is 75.9 cm³/mol. The summed E-state index contributed by atoms with van der Waals surface area (Å²) in [4.78, 5) is 15.9. The fourth-order valence-corrected chi connectivity index (χ4v) is 2.57. The standard InChI is InChI=1S/C16H24O4/c1-14(2)11-13(15(3,4)19-17)18-20-16(14,5)12-9-7-6-8-10-12/h6-10,13,17H,11H2,1-5H3. The summed E-state index contributed by atoms with van der Waals surface area (Å²) in [6.45, 7) is 9.88. The van der Waals surface area contributed by atoms with Gasteiger partial charge >= 0.3 is 0 Å². The fourth-order valence-electron chi connectivity index (χ4n) is 2.57.